The number of alkyl halides is 2. The first kappa shape index (κ1) is 11.3. The summed E-state index contributed by atoms with van der Waals surface area (Å²) in [5.41, 5.74) is 0. The average molecular weight is 181 g/mol. The minimum Gasteiger partial charge on any atom is -0.286 e. The van der Waals surface area contributed by atoms with Gasteiger partial charge in [-0.2, -0.15) is 8.42 Å². The lowest BCUT2D eigenvalue weighted by molar-refractivity contribution is 0.490. The molecule has 6 heteroatoms. The summed E-state index contributed by atoms with van der Waals surface area (Å²) in [6.07, 6.45) is 0.715. The molecule has 0 heterocycles. The molecule has 0 aliphatic carbocycles. The number of halogens is 2. The van der Waals surface area contributed by atoms with Crippen molar-refractivity contribution >= 4 is 33.3 Å². The van der Waals surface area contributed by atoms with Crippen LogP contribution in [-0.2, 0) is 10.1 Å². The molecule has 3 nitrogen and oxygen atoms in total. The summed E-state index contributed by atoms with van der Waals surface area (Å²) in [7, 11) is -3.67. The number of rotatable bonds is 0. The monoisotopic (exact) mass is 180 g/mol. The van der Waals surface area contributed by atoms with Crippen molar-refractivity contribution in [3.63, 3.8) is 0 Å². The van der Waals surface area contributed by atoms with Gasteiger partial charge >= 0.3 is 0 Å². The Morgan fingerprint density at radius 3 is 1.50 bits per heavy atom. The van der Waals surface area contributed by atoms with E-state index < -0.39 is 10.1 Å². The fourth-order valence-corrected chi connectivity index (χ4v) is 0. The second-order valence-corrected chi connectivity index (χ2v) is 3.11. The van der Waals surface area contributed by atoms with Crippen molar-refractivity contribution < 1.29 is 13.0 Å². The van der Waals surface area contributed by atoms with Crippen molar-refractivity contribution in [2.24, 2.45) is 0 Å². The van der Waals surface area contributed by atoms with Crippen molar-refractivity contribution in [1.82, 2.24) is 0 Å². The van der Waals surface area contributed by atoms with Gasteiger partial charge in [-0.25, -0.2) is 0 Å². The van der Waals surface area contributed by atoms with Crippen LogP contribution in [0.2, 0.25) is 0 Å². The van der Waals surface area contributed by atoms with Crippen molar-refractivity contribution in [3.8, 4) is 0 Å². The van der Waals surface area contributed by atoms with Gasteiger partial charge in [0.15, 0.2) is 0 Å². The standard InChI is InChI=1S/CH2Cl2.CH4O3S/c2-1-3;1-5(2,3)4/h1H2;1H3,(H,2,3,4). The van der Waals surface area contributed by atoms with Crippen LogP contribution in [0.3, 0.4) is 0 Å². The van der Waals surface area contributed by atoms with E-state index in [1.165, 1.54) is 0 Å². The zero-order valence-electron chi connectivity index (χ0n) is 4.13. The summed E-state index contributed by atoms with van der Waals surface area (Å²) in [5.74, 6) is 0. The van der Waals surface area contributed by atoms with Crippen LogP contribution >= 0.6 is 23.2 Å². The van der Waals surface area contributed by atoms with Crippen LogP contribution in [0.1, 0.15) is 0 Å². The zero-order chi connectivity index (χ0) is 7.21. The molecular weight excluding hydrogens is 175 g/mol. The zero-order valence-corrected chi connectivity index (χ0v) is 6.46. The molecule has 0 unspecified atom stereocenters. The van der Waals surface area contributed by atoms with Gasteiger partial charge in [0.05, 0.1) is 11.6 Å². The van der Waals surface area contributed by atoms with E-state index in [0.717, 1.165) is 0 Å². The lowest BCUT2D eigenvalue weighted by atomic mass is 11.9. The van der Waals surface area contributed by atoms with Gasteiger partial charge in [-0.1, -0.05) is 0 Å². The molecule has 8 heavy (non-hydrogen) atoms. The molecule has 0 fully saturated rings. The van der Waals surface area contributed by atoms with Crippen LogP contribution in [0.5, 0.6) is 0 Å². The van der Waals surface area contributed by atoms with Crippen molar-refractivity contribution in [1.29, 1.82) is 0 Å². The van der Waals surface area contributed by atoms with Crippen molar-refractivity contribution in [2.75, 3.05) is 11.6 Å². The first-order chi connectivity index (χ1) is 3.41. The topological polar surface area (TPSA) is 54.4 Å². The molecule has 0 saturated heterocycles. The average Bonchev–Trinajstić information content (AvgIpc) is 1.27. The highest BCUT2D eigenvalue weighted by atomic mass is 35.5. The van der Waals surface area contributed by atoms with Crippen LogP contribution in [0.15, 0.2) is 0 Å². The van der Waals surface area contributed by atoms with Crippen LogP contribution in [0.25, 0.3) is 0 Å². The molecule has 0 amide bonds. The lowest BCUT2D eigenvalue weighted by Gasteiger charge is -1.69. The van der Waals surface area contributed by atoms with Gasteiger partial charge in [0.25, 0.3) is 10.1 Å². The van der Waals surface area contributed by atoms with Crippen molar-refractivity contribution in [3.05, 3.63) is 0 Å². The van der Waals surface area contributed by atoms with E-state index in [0.29, 0.717) is 6.26 Å². The first-order valence-corrected chi connectivity index (χ1v) is 4.38. The van der Waals surface area contributed by atoms with E-state index in [-0.39, 0.29) is 5.34 Å². The van der Waals surface area contributed by atoms with Gasteiger partial charge in [-0.05, 0) is 0 Å². The fraction of sp³-hybridized carbons (Fsp3) is 1.00. The van der Waals surface area contributed by atoms with E-state index in [9.17, 15) is 8.42 Å². The second-order valence-electron chi connectivity index (χ2n) is 0.834. The highest BCUT2D eigenvalue weighted by Gasteiger charge is 1.81. The summed E-state index contributed by atoms with van der Waals surface area (Å²) in [6.45, 7) is 0. The molecule has 0 radical (unpaired) electrons. The van der Waals surface area contributed by atoms with Crippen LogP contribution in [0.4, 0.5) is 0 Å². The molecule has 0 aromatic rings. The fourth-order valence-electron chi connectivity index (χ4n) is 0. The maximum absolute atomic E-state index is 9.19. The third-order valence-corrected chi connectivity index (χ3v) is 0. The van der Waals surface area contributed by atoms with Crippen LogP contribution in [0, 0.1) is 0 Å². The SMILES string of the molecule is CS(=O)(=O)O.ClCCl. The van der Waals surface area contributed by atoms with Crippen LogP contribution < -0.4 is 0 Å². The molecule has 0 bridgehead atoms. The maximum atomic E-state index is 9.19. The first-order valence-electron chi connectivity index (χ1n) is 1.46. The third kappa shape index (κ3) is 815. The Labute approximate surface area is 58.3 Å². The number of hydrogen-bond acceptors (Lipinski definition) is 2. The lowest BCUT2D eigenvalue weighted by Crippen LogP contribution is -1.88. The molecular formula is C2H6Cl2O3S. The summed E-state index contributed by atoms with van der Waals surface area (Å²) in [4.78, 5) is 0. The Bertz CT molecular complexity index is 109. The molecule has 0 aromatic carbocycles. The van der Waals surface area contributed by atoms with E-state index in [1.54, 1.807) is 0 Å². The minimum atomic E-state index is -3.67. The molecule has 1 N–H and O–H groups in total. The van der Waals surface area contributed by atoms with Gasteiger partial charge in [0.1, 0.15) is 0 Å². The summed E-state index contributed by atoms with van der Waals surface area (Å²) < 4.78 is 25.9. The van der Waals surface area contributed by atoms with Gasteiger partial charge in [-0.3, -0.25) is 4.55 Å². The molecule has 0 atom stereocenters. The highest BCUT2D eigenvalue weighted by Crippen LogP contribution is 1.73. The molecule has 0 aliphatic rings. The highest BCUT2D eigenvalue weighted by molar-refractivity contribution is 7.85. The normalized spacial score (nSPS) is 9.50. The van der Waals surface area contributed by atoms with Crippen LogP contribution in [-0.4, -0.2) is 24.6 Å². The Kier molecular flexibility index (Phi) is 7.95. The Morgan fingerprint density at radius 2 is 1.50 bits per heavy atom. The molecule has 0 aliphatic heterocycles. The largest absolute Gasteiger partial charge is 0.286 e. The Balaban J connectivity index is 0. The Morgan fingerprint density at radius 1 is 1.50 bits per heavy atom. The predicted molar refractivity (Wildman–Crippen MR) is 34.0 cm³/mol. The molecule has 0 rings (SSSR count). The summed E-state index contributed by atoms with van der Waals surface area (Å²) >= 11 is 9.53. The van der Waals surface area contributed by atoms with E-state index in [4.69, 9.17) is 27.8 Å². The van der Waals surface area contributed by atoms with Crippen molar-refractivity contribution in [2.45, 2.75) is 0 Å². The van der Waals surface area contributed by atoms with Gasteiger partial charge in [-0.15, -0.1) is 23.2 Å². The third-order valence-electron chi connectivity index (χ3n) is 0. The van der Waals surface area contributed by atoms with E-state index in [1.807, 2.05) is 0 Å². The van der Waals surface area contributed by atoms with E-state index >= 15 is 0 Å². The summed E-state index contributed by atoms with van der Waals surface area (Å²) in [5, 5.41) is 0.194. The predicted octanol–water partition coefficient (Wildman–Crippen LogP) is 0.926. The Hall–Kier alpha value is 0.490. The summed E-state index contributed by atoms with van der Waals surface area (Å²) in [6, 6.07) is 0. The van der Waals surface area contributed by atoms with Gasteiger partial charge in [0, 0.05) is 0 Å². The minimum absolute atomic E-state index is 0.194. The smallest absolute Gasteiger partial charge is 0.261 e. The van der Waals surface area contributed by atoms with E-state index in [2.05, 4.69) is 0 Å². The maximum Gasteiger partial charge on any atom is 0.261 e. The molecule has 0 saturated carbocycles. The molecule has 0 spiro atoms. The van der Waals surface area contributed by atoms with Gasteiger partial charge < -0.3 is 0 Å². The quantitative estimate of drug-likeness (QED) is 0.446. The molecule has 0 aromatic heterocycles. The molecule has 52 valence electrons. The number of hydrogen-bond donors (Lipinski definition) is 1. The second kappa shape index (κ2) is 5.62. The van der Waals surface area contributed by atoms with Gasteiger partial charge in [0.2, 0.25) is 0 Å².